The molecule has 0 aromatic heterocycles. The number of hydrogen-bond donors (Lipinski definition) is 0. The quantitative estimate of drug-likeness (QED) is 0.649. The summed E-state index contributed by atoms with van der Waals surface area (Å²) in [5.74, 6) is 0.743. The van der Waals surface area contributed by atoms with Gasteiger partial charge in [-0.15, -0.1) is 0 Å². The van der Waals surface area contributed by atoms with E-state index in [0.29, 0.717) is 6.10 Å². The normalized spacial score (nSPS) is 28.1. The van der Waals surface area contributed by atoms with Gasteiger partial charge >= 0.3 is 0 Å². The Hall–Kier alpha value is -0.820. The number of hydrogen-bond acceptors (Lipinski definition) is 1. The van der Waals surface area contributed by atoms with Gasteiger partial charge in [0.1, 0.15) is 0 Å². The molecule has 1 heterocycles. The second-order valence-electron chi connectivity index (χ2n) is 3.33. The Balaban J connectivity index is 2.11. The standard InChI is InChI=1S/C11H14O/c1-2-9-8-12-11(9)10-6-4-3-5-7-10/h3-7,9,11H,2,8H2,1H3. The Labute approximate surface area is 73.4 Å². The van der Waals surface area contributed by atoms with Crippen molar-refractivity contribution < 1.29 is 4.74 Å². The minimum atomic E-state index is 0.371. The van der Waals surface area contributed by atoms with Crippen LogP contribution in [-0.2, 0) is 4.74 Å². The summed E-state index contributed by atoms with van der Waals surface area (Å²) in [6.07, 6.45) is 1.59. The van der Waals surface area contributed by atoms with Gasteiger partial charge in [0.2, 0.25) is 0 Å². The zero-order valence-electron chi connectivity index (χ0n) is 7.36. The van der Waals surface area contributed by atoms with Gasteiger partial charge in [0, 0.05) is 5.92 Å². The van der Waals surface area contributed by atoms with Crippen LogP contribution >= 0.6 is 0 Å². The molecule has 2 unspecified atom stereocenters. The van der Waals surface area contributed by atoms with Crippen molar-refractivity contribution in [2.45, 2.75) is 19.4 Å². The molecule has 1 nitrogen and oxygen atoms in total. The Morgan fingerprint density at radius 1 is 1.33 bits per heavy atom. The van der Waals surface area contributed by atoms with Crippen LogP contribution in [0.2, 0.25) is 0 Å². The van der Waals surface area contributed by atoms with Crippen LogP contribution in [0.1, 0.15) is 25.0 Å². The van der Waals surface area contributed by atoms with Crippen molar-refractivity contribution in [2.24, 2.45) is 5.92 Å². The maximum atomic E-state index is 5.52. The highest BCUT2D eigenvalue weighted by atomic mass is 16.5. The molecule has 1 aromatic rings. The van der Waals surface area contributed by atoms with Crippen molar-refractivity contribution in [1.82, 2.24) is 0 Å². The molecule has 2 atom stereocenters. The van der Waals surface area contributed by atoms with Gasteiger partial charge in [-0.05, 0) is 12.0 Å². The maximum Gasteiger partial charge on any atom is 0.0875 e. The van der Waals surface area contributed by atoms with Crippen molar-refractivity contribution in [1.29, 1.82) is 0 Å². The van der Waals surface area contributed by atoms with Gasteiger partial charge in [0.05, 0.1) is 12.7 Å². The lowest BCUT2D eigenvalue weighted by molar-refractivity contribution is -0.119. The van der Waals surface area contributed by atoms with Crippen LogP contribution in [0.15, 0.2) is 30.3 Å². The van der Waals surface area contributed by atoms with Crippen LogP contribution in [-0.4, -0.2) is 6.61 Å². The third-order valence-electron chi connectivity index (χ3n) is 2.57. The fourth-order valence-corrected chi connectivity index (χ4v) is 1.67. The molecular formula is C11H14O. The van der Waals surface area contributed by atoms with Crippen molar-refractivity contribution >= 4 is 0 Å². The summed E-state index contributed by atoms with van der Waals surface area (Å²) in [7, 11) is 0. The molecule has 12 heavy (non-hydrogen) atoms. The first-order valence-electron chi connectivity index (χ1n) is 4.58. The van der Waals surface area contributed by atoms with Crippen LogP contribution in [0.4, 0.5) is 0 Å². The van der Waals surface area contributed by atoms with Gasteiger partial charge < -0.3 is 4.74 Å². The molecule has 1 fully saturated rings. The number of ether oxygens (including phenoxy) is 1. The highest BCUT2D eigenvalue weighted by molar-refractivity contribution is 5.19. The Morgan fingerprint density at radius 3 is 2.58 bits per heavy atom. The molecule has 1 aliphatic heterocycles. The van der Waals surface area contributed by atoms with E-state index in [1.54, 1.807) is 0 Å². The molecule has 0 aliphatic carbocycles. The molecule has 2 rings (SSSR count). The Morgan fingerprint density at radius 2 is 2.08 bits per heavy atom. The van der Waals surface area contributed by atoms with Crippen molar-refractivity contribution in [3.63, 3.8) is 0 Å². The number of rotatable bonds is 2. The summed E-state index contributed by atoms with van der Waals surface area (Å²) in [5.41, 5.74) is 1.33. The first-order chi connectivity index (χ1) is 5.92. The van der Waals surface area contributed by atoms with Crippen molar-refractivity contribution in [3.05, 3.63) is 35.9 Å². The van der Waals surface area contributed by atoms with E-state index in [-0.39, 0.29) is 0 Å². The van der Waals surface area contributed by atoms with E-state index in [4.69, 9.17) is 4.74 Å². The Bertz CT molecular complexity index is 240. The average molecular weight is 162 g/mol. The molecule has 0 amide bonds. The molecule has 1 saturated heterocycles. The zero-order valence-corrected chi connectivity index (χ0v) is 7.36. The molecule has 64 valence electrons. The topological polar surface area (TPSA) is 9.23 Å². The molecule has 0 N–H and O–H groups in total. The molecular weight excluding hydrogens is 148 g/mol. The van der Waals surface area contributed by atoms with Gasteiger partial charge in [-0.25, -0.2) is 0 Å². The van der Waals surface area contributed by atoms with E-state index in [2.05, 4.69) is 31.2 Å². The van der Waals surface area contributed by atoms with E-state index in [1.807, 2.05) is 6.07 Å². The molecule has 1 heteroatoms. The summed E-state index contributed by atoms with van der Waals surface area (Å²) in [6.45, 7) is 3.17. The maximum absolute atomic E-state index is 5.52. The lowest BCUT2D eigenvalue weighted by atomic mass is 9.90. The van der Waals surface area contributed by atoms with Gasteiger partial charge in [0.25, 0.3) is 0 Å². The minimum absolute atomic E-state index is 0.371. The van der Waals surface area contributed by atoms with E-state index in [9.17, 15) is 0 Å². The second-order valence-corrected chi connectivity index (χ2v) is 3.33. The third-order valence-corrected chi connectivity index (χ3v) is 2.57. The van der Waals surface area contributed by atoms with Crippen molar-refractivity contribution in [2.75, 3.05) is 6.61 Å². The van der Waals surface area contributed by atoms with Crippen LogP contribution in [0.5, 0.6) is 0 Å². The minimum Gasteiger partial charge on any atom is -0.373 e. The van der Waals surface area contributed by atoms with E-state index < -0.39 is 0 Å². The summed E-state index contributed by atoms with van der Waals surface area (Å²) < 4.78 is 5.52. The summed E-state index contributed by atoms with van der Waals surface area (Å²) in [5, 5.41) is 0. The lowest BCUT2D eigenvalue weighted by Gasteiger charge is -2.36. The smallest absolute Gasteiger partial charge is 0.0875 e. The van der Waals surface area contributed by atoms with Gasteiger partial charge in [-0.1, -0.05) is 37.3 Å². The van der Waals surface area contributed by atoms with E-state index in [1.165, 1.54) is 12.0 Å². The zero-order chi connectivity index (χ0) is 8.39. The average Bonchev–Trinajstić information content (AvgIpc) is 2.05. The first-order valence-corrected chi connectivity index (χ1v) is 4.58. The SMILES string of the molecule is CCC1COC1c1ccccc1. The third kappa shape index (κ3) is 1.25. The van der Waals surface area contributed by atoms with Gasteiger partial charge in [0.15, 0.2) is 0 Å². The van der Waals surface area contributed by atoms with Crippen LogP contribution in [0.25, 0.3) is 0 Å². The highest BCUT2D eigenvalue weighted by Gasteiger charge is 2.31. The molecule has 0 saturated carbocycles. The Kier molecular flexibility index (Phi) is 2.13. The van der Waals surface area contributed by atoms with Crippen LogP contribution in [0, 0.1) is 5.92 Å². The molecule has 0 bridgehead atoms. The predicted molar refractivity (Wildman–Crippen MR) is 48.9 cm³/mol. The summed E-state index contributed by atoms with van der Waals surface area (Å²) >= 11 is 0. The van der Waals surface area contributed by atoms with E-state index in [0.717, 1.165) is 12.5 Å². The van der Waals surface area contributed by atoms with E-state index >= 15 is 0 Å². The lowest BCUT2D eigenvalue weighted by Crippen LogP contribution is -2.31. The van der Waals surface area contributed by atoms with Crippen molar-refractivity contribution in [3.8, 4) is 0 Å². The largest absolute Gasteiger partial charge is 0.373 e. The fourth-order valence-electron chi connectivity index (χ4n) is 1.67. The monoisotopic (exact) mass is 162 g/mol. The second kappa shape index (κ2) is 3.28. The van der Waals surface area contributed by atoms with Gasteiger partial charge in [-0.2, -0.15) is 0 Å². The molecule has 0 radical (unpaired) electrons. The van der Waals surface area contributed by atoms with Crippen LogP contribution in [0.3, 0.4) is 0 Å². The van der Waals surface area contributed by atoms with Crippen LogP contribution < -0.4 is 0 Å². The summed E-state index contributed by atoms with van der Waals surface area (Å²) in [6, 6.07) is 10.5. The predicted octanol–water partition coefficient (Wildman–Crippen LogP) is 2.78. The summed E-state index contributed by atoms with van der Waals surface area (Å²) in [4.78, 5) is 0. The first kappa shape index (κ1) is 7.81. The highest BCUT2D eigenvalue weighted by Crippen LogP contribution is 2.36. The number of benzene rings is 1. The molecule has 1 aliphatic rings. The van der Waals surface area contributed by atoms with Gasteiger partial charge in [-0.3, -0.25) is 0 Å². The fraction of sp³-hybridized carbons (Fsp3) is 0.455. The molecule has 1 aromatic carbocycles. The molecule has 0 spiro atoms.